The number of benzene rings is 1. The highest BCUT2D eigenvalue weighted by Gasteiger charge is 2.26. The van der Waals surface area contributed by atoms with Crippen LogP contribution < -0.4 is 4.72 Å². The summed E-state index contributed by atoms with van der Waals surface area (Å²) in [6.07, 6.45) is 0. The van der Waals surface area contributed by atoms with Crippen LogP contribution in [0, 0.1) is 0 Å². The lowest BCUT2D eigenvalue weighted by Crippen LogP contribution is -2.48. The number of nitrogens with zero attached hydrogens (tertiary/aromatic N) is 2. The lowest BCUT2D eigenvalue weighted by molar-refractivity contribution is 0.113. The summed E-state index contributed by atoms with van der Waals surface area (Å²) >= 11 is 1.65. The van der Waals surface area contributed by atoms with Crippen molar-refractivity contribution in [2.75, 3.05) is 39.8 Å². The minimum atomic E-state index is -3.48. The predicted molar refractivity (Wildman–Crippen MR) is 97.8 cm³/mol. The van der Waals surface area contributed by atoms with Gasteiger partial charge in [0.2, 0.25) is 10.0 Å². The van der Waals surface area contributed by atoms with Gasteiger partial charge in [-0.15, -0.1) is 0 Å². The molecule has 2 heterocycles. The molecule has 7 heteroatoms. The molecule has 0 bridgehead atoms. The zero-order valence-corrected chi connectivity index (χ0v) is 15.4. The number of hydrogen-bond donors (Lipinski definition) is 1. The van der Waals surface area contributed by atoms with Crippen molar-refractivity contribution in [3.8, 4) is 0 Å². The number of nitrogens with one attached hydrogen (secondary N) is 1. The Morgan fingerprint density at radius 2 is 1.83 bits per heavy atom. The summed E-state index contributed by atoms with van der Waals surface area (Å²) in [5.74, 6) is 0. The van der Waals surface area contributed by atoms with Crippen molar-refractivity contribution in [2.45, 2.75) is 10.9 Å². The molecule has 5 nitrogen and oxygen atoms in total. The molecule has 1 atom stereocenters. The predicted octanol–water partition coefficient (Wildman–Crippen LogP) is 2.02. The Bertz CT molecular complexity index is 724. The van der Waals surface area contributed by atoms with Crippen molar-refractivity contribution in [1.82, 2.24) is 14.5 Å². The van der Waals surface area contributed by atoms with Gasteiger partial charge >= 0.3 is 0 Å². The molecule has 0 unspecified atom stereocenters. The average Bonchev–Trinajstić information content (AvgIpc) is 3.12. The molecule has 0 saturated carbocycles. The zero-order valence-electron chi connectivity index (χ0n) is 13.8. The molecular weight excluding hydrogens is 342 g/mol. The van der Waals surface area contributed by atoms with Crippen molar-refractivity contribution in [3.63, 3.8) is 0 Å². The number of sulfonamides is 1. The first-order valence-electron chi connectivity index (χ1n) is 8.06. The Morgan fingerprint density at radius 1 is 1.12 bits per heavy atom. The fourth-order valence-corrected chi connectivity index (χ4v) is 4.69. The lowest BCUT2D eigenvalue weighted by Gasteiger charge is -2.37. The molecule has 1 fully saturated rings. The minimum absolute atomic E-state index is 0.0726. The molecule has 3 rings (SSSR count). The third-order valence-electron chi connectivity index (χ3n) is 4.43. The maximum atomic E-state index is 12.5. The van der Waals surface area contributed by atoms with Crippen LogP contribution in [0.1, 0.15) is 11.6 Å². The molecule has 130 valence electrons. The van der Waals surface area contributed by atoms with Gasteiger partial charge < -0.3 is 4.90 Å². The Labute approximate surface area is 148 Å². The van der Waals surface area contributed by atoms with Crippen LogP contribution in [-0.4, -0.2) is 58.0 Å². The highest BCUT2D eigenvalue weighted by atomic mass is 32.2. The number of hydrogen-bond acceptors (Lipinski definition) is 5. The average molecular weight is 366 g/mol. The number of piperazine rings is 1. The fourth-order valence-electron chi connectivity index (χ4n) is 2.93. The summed E-state index contributed by atoms with van der Waals surface area (Å²) in [5, 5.41) is 4.16. The van der Waals surface area contributed by atoms with E-state index >= 15 is 0 Å². The lowest BCUT2D eigenvalue weighted by atomic mass is 10.1. The molecule has 2 aromatic rings. The quantitative estimate of drug-likeness (QED) is 0.851. The van der Waals surface area contributed by atoms with Gasteiger partial charge in [-0.3, -0.25) is 4.90 Å². The Hall–Kier alpha value is -1.25. The summed E-state index contributed by atoms with van der Waals surface area (Å²) < 4.78 is 27.8. The first-order valence-corrected chi connectivity index (χ1v) is 10.5. The van der Waals surface area contributed by atoms with Gasteiger partial charge in [-0.05, 0) is 41.6 Å². The van der Waals surface area contributed by atoms with Crippen LogP contribution in [-0.2, 0) is 10.0 Å². The monoisotopic (exact) mass is 365 g/mol. The second-order valence-electron chi connectivity index (χ2n) is 6.08. The van der Waals surface area contributed by atoms with Crippen molar-refractivity contribution in [3.05, 3.63) is 52.7 Å². The molecule has 24 heavy (non-hydrogen) atoms. The van der Waals surface area contributed by atoms with E-state index in [9.17, 15) is 8.42 Å². The third-order valence-corrected chi connectivity index (χ3v) is 6.57. The van der Waals surface area contributed by atoms with Crippen molar-refractivity contribution in [1.29, 1.82) is 0 Å². The molecular formula is C17H23N3O2S2. The summed E-state index contributed by atoms with van der Waals surface area (Å²) in [6, 6.07) is 10.7. The molecule has 0 radical (unpaired) electrons. The maximum Gasteiger partial charge on any atom is 0.240 e. The van der Waals surface area contributed by atoms with E-state index in [1.807, 2.05) is 11.4 Å². The molecule has 0 aliphatic carbocycles. The van der Waals surface area contributed by atoms with Gasteiger partial charge in [0.25, 0.3) is 0 Å². The molecule has 1 aromatic carbocycles. The molecule has 1 aliphatic rings. The van der Waals surface area contributed by atoms with E-state index < -0.39 is 10.0 Å². The van der Waals surface area contributed by atoms with Gasteiger partial charge in [0.05, 0.1) is 4.90 Å². The molecule has 1 aromatic heterocycles. The van der Waals surface area contributed by atoms with Crippen LogP contribution in [0.3, 0.4) is 0 Å². The molecule has 0 amide bonds. The van der Waals surface area contributed by atoms with Crippen molar-refractivity contribution >= 4 is 21.4 Å². The van der Waals surface area contributed by atoms with E-state index in [-0.39, 0.29) is 6.04 Å². The number of likely N-dealkylation sites (N-methyl/N-ethyl adjacent to an activating group) is 1. The van der Waals surface area contributed by atoms with Gasteiger partial charge in [-0.25, -0.2) is 13.1 Å². The largest absolute Gasteiger partial charge is 0.304 e. The first kappa shape index (κ1) is 17.6. The highest BCUT2D eigenvalue weighted by Crippen LogP contribution is 2.24. The van der Waals surface area contributed by atoms with Crippen molar-refractivity contribution < 1.29 is 8.42 Å². The van der Waals surface area contributed by atoms with E-state index in [0.29, 0.717) is 11.4 Å². The zero-order chi connectivity index (χ0) is 17.0. The minimum Gasteiger partial charge on any atom is -0.304 e. The highest BCUT2D eigenvalue weighted by molar-refractivity contribution is 7.89. The number of rotatable bonds is 6. The fraction of sp³-hybridized carbons (Fsp3) is 0.412. The topological polar surface area (TPSA) is 52.6 Å². The number of thiophene rings is 1. The molecule has 1 aliphatic heterocycles. The summed E-state index contributed by atoms with van der Waals surface area (Å²) in [6.45, 7) is 4.30. The van der Waals surface area contributed by atoms with Gasteiger partial charge in [-0.1, -0.05) is 18.2 Å². The summed E-state index contributed by atoms with van der Waals surface area (Å²) in [5.41, 5.74) is 1.18. The smallest absolute Gasteiger partial charge is 0.240 e. The van der Waals surface area contributed by atoms with Crippen LogP contribution >= 0.6 is 11.3 Å². The van der Waals surface area contributed by atoms with E-state index in [0.717, 1.165) is 26.2 Å². The van der Waals surface area contributed by atoms with E-state index in [1.165, 1.54) is 5.56 Å². The van der Waals surface area contributed by atoms with Crippen LogP contribution in [0.2, 0.25) is 0 Å². The standard InChI is InChI=1S/C17H23N3O2S2/c1-19-8-10-20(11-9-19)17(15-7-12-23-14-15)13-18-24(21,22)16-5-3-2-4-6-16/h2-7,12,14,17-18H,8-11,13H2,1H3/t17-/m0/s1. The van der Waals surface area contributed by atoms with Crippen LogP contribution in [0.4, 0.5) is 0 Å². The Morgan fingerprint density at radius 3 is 2.46 bits per heavy atom. The summed E-state index contributed by atoms with van der Waals surface area (Å²) in [4.78, 5) is 4.98. The van der Waals surface area contributed by atoms with Crippen LogP contribution in [0.5, 0.6) is 0 Å². The van der Waals surface area contributed by atoms with Crippen molar-refractivity contribution in [2.24, 2.45) is 0 Å². The van der Waals surface area contributed by atoms with Gasteiger partial charge in [0.1, 0.15) is 0 Å². The second kappa shape index (κ2) is 7.76. The van der Waals surface area contributed by atoms with E-state index in [4.69, 9.17) is 0 Å². The maximum absolute atomic E-state index is 12.5. The van der Waals surface area contributed by atoms with Crippen LogP contribution in [0.15, 0.2) is 52.1 Å². The second-order valence-corrected chi connectivity index (χ2v) is 8.62. The Balaban J connectivity index is 1.73. The third kappa shape index (κ3) is 4.23. The normalized spacial score (nSPS) is 18.5. The van der Waals surface area contributed by atoms with E-state index in [1.54, 1.807) is 35.6 Å². The molecule has 1 N–H and O–H groups in total. The van der Waals surface area contributed by atoms with E-state index in [2.05, 4.69) is 33.0 Å². The molecule has 1 saturated heterocycles. The van der Waals surface area contributed by atoms with Gasteiger partial charge in [0.15, 0.2) is 0 Å². The first-order chi connectivity index (χ1) is 11.6. The SMILES string of the molecule is CN1CCN([C@@H](CNS(=O)(=O)c2ccccc2)c2ccsc2)CC1. The van der Waals surface area contributed by atoms with Crippen LogP contribution in [0.25, 0.3) is 0 Å². The molecule has 0 spiro atoms. The Kier molecular flexibility index (Phi) is 5.68. The summed E-state index contributed by atoms with van der Waals surface area (Å²) in [7, 11) is -1.36. The van der Waals surface area contributed by atoms with Gasteiger partial charge in [-0.2, -0.15) is 11.3 Å². The van der Waals surface area contributed by atoms with Gasteiger partial charge in [0, 0.05) is 38.8 Å².